The maximum absolute atomic E-state index is 12.9. The van der Waals surface area contributed by atoms with Gasteiger partial charge >= 0.3 is 0 Å². The van der Waals surface area contributed by atoms with Gasteiger partial charge in [-0.3, -0.25) is 14.8 Å². The number of amides is 2. The predicted octanol–water partition coefficient (Wildman–Crippen LogP) is 3.91. The molecule has 0 fully saturated rings. The summed E-state index contributed by atoms with van der Waals surface area (Å²) in [5.41, 5.74) is 8.51. The largest absolute Gasteiger partial charge is 0.338 e. The summed E-state index contributed by atoms with van der Waals surface area (Å²) in [5, 5.41) is 8.87. The van der Waals surface area contributed by atoms with Crippen LogP contribution in [0.5, 0.6) is 0 Å². The van der Waals surface area contributed by atoms with E-state index in [1.54, 1.807) is 17.6 Å². The molecule has 0 saturated heterocycles. The number of benzene rings is 3. The van der Waals surface area contributed by atoms with E-state index in [2.05, 4.69) is 24.3 Å². The molecule has 1 aliphatic heterocycles. The lowest BCUT2D eigenvalue weighted by Gasteiger charge is -2.30. The van der Waals surface area contributed by atoms with E-state index in [1.165, 1.54) is 0 Å². The molecule has 4 rings (SSSR count). The first-order chi connectivity index (χ1) is 14.5. The van der Waals surface area contributed by atoms with Crippen LogP contribution in [0.1, 0.15) is 32.6 Å². The molecule has 0 aromatic heterocycles. The molecule has 0 atom stereocenters. The Morgan fingerprint density at radius 1 is 1.00 bits per heavy atom. The number of carbonyl (C=O) groups excluding carboxylic acids is 2. The summed E-state index contributed by atoms with van der Waals surface area (Å²) in [6, 6.07) is 21.9. The molecule has 2 N–H and O–H groups in total. The van der Waals surface area contributed by atoms with Crippen molar-refractivity contribution in [2.24, 2.45) is 0 Å². The zero-order valence-corrected chi connectivity index (χ0v) is 16.9. The van der Waals surface area contributed by atoms with Gasteiger partial charge in [0.1, 0.15) is 0 Å². The molecule has 0 bridgehead atoms. The number of aryl methyl sites for hydroxylation is 1. The topological polar surface area (TPSA) is 69.6 Å². The fraction of sp³-hybridized carbons (Fsp3) is 0.200. The molecule has 3 aromatic carbocycles. The van der Waals surface area contributed by atoms with Crippen LogP contribution in [0.15, 0.2) is 66.7 Å². The van der Waals surface area contributed by atoms with Gasteiger partial charge in [0.25, 0.3) is 5.91 Å². The third-order valence-corrected chi connectivity index (χ3v) is 5.70. The highest BCUT2D eigenvalue weighted by Gasteiger charge is 2.23. The first kappa shape index (κ1) is 19.9. The third kappa shape index (κ3) is 4.11. The van der Waals surface area contributed by atoms with E-state index in [4.69, 9.17) is 5.21 Å². The zero-order chi connectivity index (χ0) is 21.1. The second kappa shape index (κ2) is 8.51. The quantitative estimate of drug-likeness (QED) is 0.515. The lowest BCUT2D eigenvalue weighted by molar-refractivity contribution is -0.131. The summed E-state index contributed by atoms with van der Waals surface area (Å²) < 4.78 is 0. The minimum absolute atomic E-state index is 0.102. The van der Waals surface area contributed by atoms with E-state index >= 15 is 0 Å². The van der Waals surface area contributed by atoms with Crippen LogP contribution in [0.25, 0.3) is 11.1 Å². The lowest BCUT2D eigenvalue weighted by atomic mass is 9.92. The van der Waals surface area contributed by atoms with E-state index in [9.17, 15) is 9.59 Å². The van der Waals surface area contributed by atoms with Gasteiger partial charge < -0.3 is 4.90 Å². The van der Waals surface area contributed by atoms with Gasteiger partial charge in [-0.15, -0.1) is 0 Å². The minimum Gasteiger partial charge on any atom is -0.338 e. The van der Waals surface area contributed by atoms with E-state index in [-0.39, 0.29) is 5.91 Å². The number of hydrogen-bond donors (Lipinski definition) is 2. The molecule has 152 valence electrons. The molecule has 2 amide bonds. The van der Waals surface area contributed by atoms with Gasteiger partial charge in [0.15, 0.2) is 0 Å². The van der Waals surface area contributed by atoms with Crippen LogP contribution in [-0.4, -0.2) is 28.5 Å². The number of nitrogens with one attached hydrogen (secondary N) is 1. The van der Waals surface area contributed by atoms with E-state index in [0.717, 1.165) is 33.4 Å². The molecular weight excluding hydrogens is 376 g/mol. The minimum atomic E-state index is -0.515. The Hall–Kier alpha value is -3.44. The number of hydroxylamine groups is 1. The average molecular weight is 400 g/mol. The molecule has 1 aliphatic rings. The summed E-state index contributed by atoms with van der Waals surface area (Å²) in [5.74, 6) is -0.414. The highest BCUT2D eigenvalue weighted by Crippen LogP contribution is 2.25. The summed E-state index contributed by atoms with van der Waals surface area (Å²) in [4.78, 5) is 26.5. The fourth-order valence-corrected chi connectivity index (χ4v) is 4.01. The summed E-state index contributed by atoms with van der Waals surface area (Å²) >= 11 is 0. The molecule has 1 heterocycles. The highest BCUT2D eigenvalue weighted by molar-refractivity contribution is 5.94. The van der Waals surface area contributed by atoms with Crippen LogP contribution in [0.2, 0.25) is 0 Å². The number of carbonyl (C=O) groups is 2. The van der Waals surface area contributed by atoms with Crippen LogP contribution >= 0.6 is 0 Å². The average Bonchev–Trinajstić information content (AvgIpc) is 2.79. The lowest BCUT2D eigenvalue weighted by Crippen LogP contribution is -2.37. The third-order valence-electron chi connectivity index (χ3n) is 5.70. The number of rotatable bonds is 4. The molecule has 30 heavy (non-hydrogen) atoms. The second-order valence-electron chi connectivity index (χ2n) is 7.68. The maximum atomic E-state index is 12.9. The van der Waals surface area contributed by atoms with Gasteiger partial charge in [-0.05, 0) is 58.9 Å². The molecule has 3 aromatic rings. The molecule has 0 radical (unpaired) electrons. The highest BCUT2D eigenvalue weighted by atomic mass is 16.5. The van der Waals surface area contributed by atoms with Crippen molar-refractivity contribution in [3.63, 3.8) is 0 Å². The van der Waals surface area contributed by atoms with Crippen molar-refractivity contribution >= 4 is 11.8 Å². The Kier molecular flexibility index (Phi) is 5.63. The Morgan fingerprint density at radius 3 is 2.40 bits per heavy atom. The van der Waals surface area contributed by atoms with Crippen molar-refractivity contribution in [2.75, 3.05) is 6.54 Å². The summed E-state index contributed by atoms with van der Waals surface area (Å²) in [6.45, 7) is 3.10. The first-order valence-corrected chi connectivity index (χ1v) is 10.0. The van der Waals surface area contributed by atoms with Crippen LogP contribution in [0.4, 0.5) is 0 Å². The second-order valence-corrected chi connectivity index (χ2v) is 7.68. The van der Waals surface area contributed by atoms with Crippen molar-refractivity contribution < 1.29 is 14.8 Å². The standard InChI is InChI=1S/C25H24N2O3/c1-17-13-22(25(29)26-30)15-21-11-12-27(16-23(17)21)24(28)14-18-7-9-20(10-8-18)19-5-3-2-4-6-19/h2-10,13,15,30H,11-12,14,16H2,1H3,(H,26,29). The van der Waals surface area contributed by atoms with Gasteiger partial charge in [0.2, 0.25) is 5.91 Å². The molecular formula is C25H24N2O3. The van der Waals surface area contributed by atoms with Crippen molar-refractivity contribution in [2.45, 2.75) is 26.3 Å². The number of nitrogens with zero attached hydrogens (tertiary/aromatic N) is 1. The smallest absolute Gasteiger partial charge is 0.274 e. The SMILES string of the molecule is Cc1cc(C(=O)NO)cc2c1CN(C(=O)Cc1ccc(-c3ccccc3)cc1)CC2. The predicted molar refractivity (Wildman–Crippen MR) is 115 cm³/mol. The van der Waals surface area contributed by atoms with Crippen molar-refractivity contribution in [1.82, 2.24) is 10.4 Å². The van der Waals surface area contributed by atoms with Crippen molar-refractivity contribution in [3.05, 3.63) is 94.5 Å². The van der Waals surface area contributed by atoms with Crippen LogP contribution in [0, 0.1) is 6.92 Å². The molecule has 0 unspecified atom stereocenters. The first-order valence-electron chi connectivity index (χ1n) is 10.0. The number of fused-ring (bicyclic) bond motifs is 1. The van der Waals surface area contributed by atoms with Gasteiger partial charge in [-0.1, -0.05) is 54.6 Å². The van der Waals surface area contributed by atoms with E-state index in [1.807, 2.05) is 42.2 Å². The summed E-state index contributed by atoms with van der Waals surface area (Å²) in [7, 11) is 0. The Labute approximate surface area is 175 Å². The normalized spacial score (nSPS) is 12.9. The number of hydrogen-bond acceptors (Lipinski definition) is 3. The van der Waals surface area contributed by atoms with Gasteiger partial charge in [0, 0.05) is 18.7 Å². The van der Waals surface area contributed by atoms with Crippen molar-refractivity contribution in [3.8, 4) is 11.1 Å². The molecule has 0 aliphatic carbocycles. The Morgan fingerprint density at radius 2 is 1.70 bits per heavy atom. The van der Waals surface area contributed by atoms with E-state index < -0.39 is 5.91 Å². The van der Waals surface area contributed by atoms with Gasteiger partial charge in [0.05, 0.1) is 6.42 Å². The molecule has 0 saturated carbocycles. The zero-order valence-electron chi connectivity index (χ0n) is 16.9. The van der Waals surface area contributed by atoms with Crippen molar-refractivity contribution in [1.29, 1.82) is 0 Å². The van der Waals surface area contributed by atoms with Crippen LogP contribution in [-0.2, 0) is 24.2 Å². The molecule has 5 heteroatoms. The monoisotopic (exact) mass is 400 g/mol. The Balaban J connectivity index is 1.45. The van der Waals surface area contributed by atoms with Gasteiger partial charge in [-0.2, -0.15) is 0 Å². The van der Waals surface area contributed by atoms with Crippen LogP contribution < -0.4 is 5.48 Å². The molecule has 5 nitrogen and oxygen atoms in total. The molecule has 0 spiro atoms. The maximum Gasteiger partial charge on any atom is 0.274 e. The Bertz CT molecular complexity index is 1080. The summed E-state index contributed by atoms with van der Waals surface area (Å²) in [6.07, 6.45) is 1.07. The van der Waals surface area contributed by atoms with Crippen LogP contribution in [0.3, 0.4) is 0 Å². The van der Waals surface area contributed by atoms with Gasteiger partial charge in [-0.25, -0.2) is 5.48 Å². The van der Waals surface area contributed by atoms with E-state index in [0.29, 0.717) is 31.5 Å². The fourth-order valence-electron chi connectivity index (χ4n) is 4.01.